The molecule has 3 heterocycles. The Bertz CT molecular complexity index is 1820. The van der Waals surface area contributed by atoms with E-state index in [0.29, 0.717) is 63.5 Å². The van der Waals surface area contributed by atoms with Crippen molar-refractivity contribution in [2.45, 2.75) is 19.9 Å². The Balaban J connectivity index is 1.65. The van der Waals surface area contributed by atoms with Crippen molar-refractivity contribution in [3.63, 3.8) is 0 Å². The quantitative estimate of drug-likeness (QED) is 0.235. The maximum Gasteiger partial charge on any atom is 0.338 e. The molecule has 7 nitrogen and oxygen atoms in total. The Hall–Kier alpha value is -3.11. The number of benzene rings is 2. The van der Waals surface area contributed by atoms with Gasteiger partial charge in [-0.25, -0.2) is 9.79 Å². The van der Waals surface area contributed by atoms with Crippen LogP contribution in [0.5, 0.6) is 5.75 Å². The number of methoxy groups -OCH3 is 1. The van der Waals surface area contributed by atoms with Gasteiger partial charge in [-0.1, -0.05) is 46.7 Å². The molecule has 4 aromatic rings. The standard InChI is InChI=1S/C28H21BrCl2N2O5S/c1-4-37-27(35)23-14(2)32-28-33(25(23)15-8-10-21(36-3)18(29)12-15)26(34)22(39-28)13-16-9-11-20(38-16)17-6-5-7-19(30)24(17)31/h5-13,25H,4H2,1-3H3/b22-13-. The average molecular weight is 648 g/mol. The highest BCUT2D eigenvalue weighted by Crippen LogP contribution is 2.36. The molecule has 200 valence electrons. The van der Waals surface area contributed by atoms with E-state index in [2.05, 4.69) is 20.9 Å². The zero-order valence-corrected chi connectivity index (χ0v) is 24.9. The van der Waals surface area contributed by atoms with Crippen molar-refractivity contribution >= 4 is 62.5 Å². The van der Waals surface area contributed by atoms with Gasteiger partial charge in [0.25, 0.3) is 5.56 Å². The van der Waals surface area contributed by atoms with Crippen LogP contribution in [0.15, 0.2) is 78.5 Å². The number of allylic oxidation sites excluding steroid dienone is 1. The largest absolute Gasteiger partial charge is 0.496 e. The highest BCUT2D eigenvalue weighted by molar-refractivity contribution is 9.10. The lowest BCUT2D eigenvalue weighted by Crippen LogP contribution is -2.39. The van der Waals surface area contributed by atoms with Crippen LogP contribution in [0.3, 0.4) is 0 Å². The molecular weight excluding hydrogens is 627 g/mol. The molecule has 1 aliphatic heterocycles. The van der Waals surface area contributed by atoms with Gasteiger partial charge >= 0.3 is 5.97 Å². The number of aromatic nitrogens is 1. The summed E-state index contributed by atoms with van der Waals surface area (Å²) in [5.41, 5.74) is 1.80. The summed E-state index contributed by atoms with van der Waals surface area (Å²) >= 11 is 17.2. The second kappa shape index (κ2) is 11.2. The smallest absolute Gasteiger partial charge is 0.338 e. The summed E-state index contributed by atoms with van der Waals surface area (Å²) < 4.78 is 19.3. The third-order valence-corrected chi connectivity index (χ3v) is 8.55. The highest BCUT2D eigenvalue weighted by Gasteiger charge is 2.33. The predicted octanol–water partition coefficient (Wildman–Crippen LogP) is 6.14. The van der Waals surface area contributed by atoms with Crippen LogP contribution in [0.4, 0.5) is 0 Å². The van der Waals surface area contributed by atoms with E-state index >= 15 is 0 Å². The maximum absolute atomic E-state index is 13.8. The Kier molecular flexibility index (Phi) is 7.87. The first kappa shape index (κ1) is 27.5. The van der Waals surface area contributed by atoms with Crippen molar-refractivity contribution in [1.29, 1.82) is 0 Å². The average Bonchev–Trinajstić information content (AvgIpc) is 3.49. The zero-order chi connectivity index (χ0) is 27.8. The van der Waals surface area contributed by atoms with Crippen molar-refractivity contribution in [3.8, 4) is 17.1 Å². The summed E-state index contributed by atoms with van der Waals surface area (Å²) in [5, 5.41) is 0.797. The number of esters is 1. The molecule has 0 aliphatic carbocycles. The van der Waals surface area contributed by atoms with Gasteiger partial charge in [0.1, 0.15) is 17.3 Å². The number of nitrogens with zero attached hydrogens (tertiary/aromatic N) is 2. The molecule has 1 unspecified atom stereocenters. The van der Waals surface area contributed by atoms with Crippen LogP contribution in [0.25, 0.3) is 17.4 Å². The molecule has 0 saturated heterocycles. The van der Waals surface area contributed by atoms with Gasteiger partial charge in [-0.15, -0.1) is 0 Å². The topological polar surface area (TPSA) is 83.0 Å². The van der Waals surface area contributed by atoms with Crippen LogP contribution in [0.1, 0.15) is 31.2 Å². The lowest BCUT2D eigenvalue weighted by atomic mass is 9.96. The lowest BCUT2D eigenvalue weighted by Gasteiger charge is -2.25. The van der Waals surface area contributed by atoms with E-state index in [1.54, 1.807) is 63.4 Å². The van der Waals surface area contributed by atoms with Crippen molar-refractivity contribution < 1.29 is 18.7 Å². The molecule has 1 aliphatic rings. The molecule has 0 bridgehead atoms. The van der Waals surface area contributed by atoms with Crippen LogP contribution < -0.4 is 19.6 Å². The van der Waals surface area contributed by atoms with Crippen LogP contribution >= 0.6 is 50.5 Å². The SMILES string of the molecule is CCOC(=O)C1=C(C)N=c2s/c(=C\c3ccc(-c4cccc(Cl)c4Cl)o3)c(=O)n2C1c1ccc(OC)c(Br)c1. The van der Waals surface area contributed by atoms with E-state index in [9.17, 15) is 9.59 Å². The van der Waals surface area contributed by atoms with E-state index in [1.807, 2.05) is 12.1 Å². The molecule has 0 spiro atoms. The number of furan rings is 1. The first-order valence-corrected chi connectivity index (χ1v) is 14.2. The summed E-state index contributed by atoms with van der Waals surface area (Å²) in [6.45, 7) is 3.66. The molecule has 39 heavy (non-hydrogen) atoms. The van der Waals surface area contributed by atoms with E-state index in [-0.39, 0.29) is 12.2 Å². The second-order valence-corrected chi connectivity index (χ2v) is 11.1. The van der Waals surface area contributed by atoms with Gasteiger partial charge in [0, 0.05) is 11.6 Å². The van der Waals surface area contributed by atoms with Crippen molar-refractivity contribution in [2.75, 3.05) is 13.7 Å². The molecule has 11 heteroatoms. The second-order valence-electron chi connectivity index (χ2n) is 8.50. The number of hydrogen-bond donors (Lipinski definition) is 0. The van der Waals surface area contributed by atoms with Gasteiger partial charge in [-0.2, -0.15) is 0 Å². The van der Waals surface area contributed by atoms with E-state index in [0.717, 1.165) is 0 Å². The number of hydrogen-bond acceptors (Lipinski definition) is 7. The minimum Gasteiger partial charge on any atom is -0.496 e. The van der Waals surface area contributed by atoms with Gasteiger partial charge in [-0.05, 0) is 71.7 Å². The Morgan fingerprint density at radius 3 is 2.74 bits per heavy atom. The molecule has 0 N–H and O–H groups in total. The number of halogens is 3. The number of rotatable bonds is 6. The van der Waals surface area contributed by atoms with Crippen LogP contribution in [-0.4, -0.2) is 24.3 Å². The molecule has 0 fully saturated rings. The number of carbonyl (C=O) groups is 1. The van der Waals surface area contributed by atoms with E-state index in [4.69, 9.17) is 37.1 Å². The van der Waals surface area contributed by atoms with Gasteiger partial charge in [-0.3, -0.25) is 9.36 Å². The summed E-state index contributed by atoms with van der Waals surface area (Å²) in [5.74, 6) is 1.07. The van der Waals surface area contributed by atoms with Crippen molar-refractivity contribution in [2.24, 2.45) is 4.99 Å². The first-order valence-electron chi connectivity index (χ1n) is 11.8. The van der Waals surface area contributed by atoms with Gasteiger partial charge in [0.2, 0.25) is 0 Å². The Labute approximate surface area is 245 Å². The van der Waals surface area contributed by atoms with E-state index < -0.39 is 12.0 Å². The molecular formula is C28H21BrCl2N2O5S. The minimum absolute atomic E-state index is 0.191. The van der Waals surface area contributed by atoms with Gasteiger partial charge in [0.05, 0.1) is 50.1 Å². The van der Waals surface area contributed by atoms with Crippen LogP contribution in [0.2, 0.25) is 10.0 Å². The van der Waals surface area contributed by atoms with Gasteiger partial charge in [0.15, 0.2) is 4.80 Å². The molecule has 2 aromatic carbocycles. The minimum atomic E-state index is -0.748. The molecule has 1 atom stereocenters. The number of carbonyl (C=O) groups excluding carboxylic acids is 1. The van der Waals surface area contributed by atoms with Crippen molar-refractivity contribution in [3.05, 3.63) is 105 Å². The normalized spacial score (nSPS) is 15.2. The third kappa shape index (κ3) is 5.12. The Morgan fingerprint density at radius 2 is 2.03 bits per heavy atom. The molecule has 0 radical (unpaired) electrons. The Morgan fingerprint density at radius 1 is 1.23 bits per heavy atom. The van der Waals surface area contributed by atoms with Crippen LogP contribution in [-0.2, 0) is 9.53 Å². The predicted molar refractivity (Wildman–Crippen MR) is 155 cm³/mol. The maximum atomic E-state index is 13.8. The summed E-state index contributed by atoms with van der Waals surface area (Å²) in [4.78, 5) is 31.9. The summed E-state index contributed by atoms with van der Waals surface area (Å²) in [7, 11) is 1.57. The van der Waals surface area contributed by atoms with Crippen LogP contribution in [0, 0.1) is 0 Å². The summed E-state index contributed by atoms with van der Waals surface area (Å²) in [6, 6.07) is 13.5. The third-order valence-electron chi connectivity index (χ3n) is 6.13. The number of ether oxygens (including phenoxy) is 2. The molecule has 2 aromatic heterocycles. The van der Waals surface area contributed by atoms with E-state index in [1.165, 1.54) is 15.9 Å². The molecule has 5 rings (SSSR count). The van der Waals surface area contributed by atoms with Gasteiger partial charge < -0.3 is 13.9 Å². The number of thiazole rings is 1. The van der Waals surface area contributed by atoms with Crippen molar-refractivity contribution in [1.82, 2.24) is 4.57 Å². The summed E-state index contributed by atoms with van der Waals surface area (Å²) in [6.07, 6.45) is 1.65. The highest BCUT2D eigenvalue weighted by atomic mass is 79.9. The lowest BCUT2D eigenvalue weighted by molar-refractivity contribution is -0.139. The molecule has 0 amide bonds. The molecule has 0 saturated carbocycles. The monoisotopic (exact) mass is 646 g/mol. The zero-order valence-electron chi connectivity index (χ0n) is 21.0. The first-order chi connectivity index (χ1) is 18.7. The fraction of sp³-hybridized carbons (Fsp3) is 0.179. The fourth-order valence-electron chi connectivity index (χ4n) is 4.36. The number of fused-ring (bicyclic) bond motifs is 1. The fourth-order valence-corrected chi connectivity index (χ4v) is 6.34.